The van der Waals surface area contributed by atoms with Crippen LogP contribution in [0.25, 0.3) is 0 Å². The molecule has 1 aromatic rings. The smallest absolute Gasteiger partial charge is 0.193 e. The Morgan fingerprint density at radius 3 is 2.85 bits per heavy atom. The Balaban J connectivity index is 1.64. The molecule has 1 N–H and O–H groups in total. The van der Waals surface area contributed by atoms with Gasteiger partial charge in [-0.3, -0.25) is 4.99 Å². The molecule has 26 heavy (non-hydrogen) atoms. The van der Waals surface area contributed by atoms with Gasteiger partial charge in [-0.05, 0) is 32.0 Å². The van der Waals surface area contributed by atoms with Gasteiger partial charge in [0.1, 0.15) is 0 Å². The molecule has 146 valence electrons. The number of likely N-dealkylation sites (tertiary alicyclic amines) is 1. The number of aliphatic imine (C=N–C) groups is 1. The molecule has 0 aliphatic carbocycles. The molecule has 1 atom stereocenters. The van der Waals surface area contributed by atoms with E-state index in [0.717, 1.165) is 38.7 Å². The van der Waals surface area contributed by atoms with Gasteiger partial charge >= 0.3 is 0 Å². The molecule has 1 fully saturated rings. The van der Waals surface area contributed by atoms with Crippen LogP contribution in [0.5, 0.6) is 0 Å². The zero-order chi connectivity index (χ0) is 18.6. The molecule has 0 aromatic heterocycles. The van der Waals surface area contributed by atoms with E-state index in [1.165, 1.54) is 31.4 Å². The lowest BCUT2D eigenvalue weighted by Crippen LogP contribution is -2.43. The molecule has 0 bridgehead atoms. The number of nitrogens with one attached hydrogen (secondary N) is 1. The van der Waals surface area contributed by atoms with Gasteiger partial charge in [0, 0.05) is 39.1 Å². The molecule has 1 unspecified atom stereocenters. The minimum atomic E-state index is 0.587. The first kappa shape index (κ1) is 20.7. The summed E-state index contributed by atoms with van der Waals surface area (Å²) in [5.74, 6) is 1.61. The lowest BCUT2D eigenvalue weighted by molar-refractivity contribution is 0.0906. The summed E-state index contributed by atoms with van der Waals surface area (Å²) in [5, 5.41) is 3.51. The lowest BCUT2D eigenvalue weighted by atomic mass is 10.1. The molecule has 1 heterocycles. The monoisotopic (exact) mass is 360 g/mol. The highest BCUT2D eigenvalue weighted by molar-refractivity contribution is 5.80. The Bertz CT molecular complexity index is 520. The molecule has 1 aliphatic rings. The summed E-state index contributed by atoms with van der Waals surface area (Å²) >= 11 is 0. The predicted octanol–water partition coefficient (Wildman–Crippen LogP) is 2.83. The number of hydrogen-bond acceptors (Lipinski definition) is 3. The summed E-state index contributed by atoms with van der Waals surface area (Å²) in [6, 6.07) is 10.4. The van der Waals surface area contributed by atoms with Crippen molar-refractivity contribution in [3.05, 3.63) is 35.9 Å². The largest absolute Gasteiger partial charge is 0.376 e. The average molecular weight is 361 g/mol. The van der Waals surface area contributed by atoms with Crippen LogP contribution in [0.3, 0.4) is 0 Å². The molecule has 5 heteroatoms. The summed E-state index contributed by atoms with van der Waals surface area (Å²) in [6.07, 6.45) is 3.69. The van der Waals surface area contributed by atoms with Gasteiger partial charge in [0.2, 0.25) is 0 Å². The SMILES string of the molecule is CCCCN(C)CCNC(=NC)N1CCC(COCc2ccccc2)C1. The van der Waals surface area contributed by atoms with Gasteiger partial charge in [-0.25, -0.2) is 0 Å². The third-order valence-electron chi connectivity index (χ3n) is 4.93. The van der Waals surface area contributed by atoms with Crippen LogP contribution in [-0.4, -0.2) is 69.2 Å². The third kappa shape index (κ3) is 7.34. The van der Waals surface area contributed by atoms with Crippen LogP contribution >= 0.6 is 0 Å². The van der Waals surface area contributed by atoms with E-state index >= 15 is 0 Å². The minimum Gasteiger partial charge on any atom is -0.376 e. The molecule has 0 saturated carbocycles. The maximum Gasteiger partial charge on any atom is 0.193 e. The fourth-order valence-corrected chi connectivity index (χ4v) is 3.31. The van der Waals surface area contributed by atoms with Gasteiger partial charge in [0.25, 0.3) is 0 Å². The first-order valence-electron chi connectivity index (χ1n) is 9.98. The summed E-state index contributed by atoms with van der Waals surface area (Å²) in [6.45, 7) is 9.01. The van der Waals surface area contributed by atoms with Crippen LogP contribution in [0.2, 0.25) is 0 Å². The van der Waals surface area contributed by atoms with Crippen molar-refractivity contribution in [2.75, 3.05) is 53.4 Å². The first-order chi connectivity index (χ1) is 12.7. The Morgan fingerprint density at radius 2 is 2.12 bits per heavy atom. The number of benzene rings is 1. The molecule has 1 saturated heterocycles. The van der Waals surface area contributed by atoms with Gasteiger partial charge in [0.15, 0.2) is 5.96 Å². The number of hydrogen-bond donors (Lipinski definition) is 1. The normalized spacial score (nSPS) is 17.9. The van der Waals surface area contributed by atoms with Gasteiger partial charge in [-0.1, -0.05) is 43.7 Å². The highest BCUT2D eigenvalue weighted by Crippen LogP contribution is 2.17. The maximum atomic E-state index is 5.92. The summed E-state index contributed by atoms with van der Waals surface area (Å²) in [4.78, 5) is 9.21. The van der Waals surface area contributed by atoms with E-state index in [1.54, 1.807) is 0 Å². The number of unbranched alkanes of at least 4 members (excludes halogenated alkanes) is 1. The van der Waals surface area contributed by atoms with Crippen molar-refractivity contribution in [2.24, 2.45) is 10.9 Å². The maximum absolute atomic E-state index is 5.92. The molecule has 1 aromatic carbocycles. The van der Waals surface area contributed by atoms with Gasteiger partial charge in [0.05, 0.1) is 13.2 Å². The Morgan fingerprint density at radius 1 is 1.31 bits per heavy atom. The van der Waals surface area contributed by atoms with Crippen LogP contribution in [0.15, 0.2) is 35.3 Å². The van der Waals surface area contributed by atoms with E-state index in [9.17, 15) is 0 Å². The summed E-state index contributed by atoms with van der Waals surface area (Å²) in [7, 11) is 4.07. The first-order valence-corrected chi connectivity index (χ1v) is 9.98. The Kier molecular flexibility index (Phi) is 9.50. The fourth-order valence-electron chi connectivity index (χ4n) is 3.31. The second-order valence-electron chi connectivity index (χ2n) is 7.23. The number of guanidine groups is 1. The Labute approximate surface area is 159 Å². The highest BCUT2D eigenvalue weighted by atomic mass is 16.5. The number of likely N-dealkylation sites (N-methyl/N-ethyl adjacent to an activating group) is 1. The van der Waals surface area contributed by atoms with Crippen LogP contribution in [0.4, 0.5) is 0 Å². The average Bonchev–Trinajstić information content (AvgIpc) is 3.13. The van der Waals surface area contributed by atoms with E-state index in [0.29, 0.717) is 12.5 Å². The van der Waals surface area contributed by atoms with Gasteiger partial charge in [-0.2, -0.15) is 0 Å². The zero-order valence-corrected chi connectivity index (χ0v) is 16.8. The molecular weight excluding hydrogens is 324 g/mol. The third-order valence-corrected chi connectivity index (χ3v) is 4.93. The zero-order valence-electron chi connectivity index (χ0n) is 16.8. The van der Waals surface area contributed by atoms with Crippen molar-refractivity contribution in [1.29, 1.82) is 0 Å². The van der Waals surface area contributed by atoms with E-state index in [2.05, 4.69) is 58.3 Å². The van der Waals surface area contributed by atoms with Crippen molar-refractivity contribution in [3.63, 3.8) is 0 Å². The lowest BCUT2D eigenvalue weighted by Gasteiger charge is -2.23. The standard InChI is InChI=1S/C21H36N4O/c1-4-5-13-24(3)15-12-23-21(22-2)25-14-11-20(16-25)18-26-17-19-9-7-6-8-10-19/h6-10,20H,4-5,11-18H2,1-3H3,(H,22,23). The van der Waals surface area contributed by atoms with E-state index < -0.39 is 0 Å². The minimum absolute atomic E-state index is 0.587. The number of rotatable bonds is 10. The van der Waals surface area contributed by atoms with Crippen LogP contribution < -0.4 is 5.32 Å². The van der Waals surface area contributed by atoms with E-state index in [-0.39, 0.29) is 0 Å². The fraction of sp³-hybridized carbons (Fsp3) is 0.667. The van der Waals surface area contributed by atoms with E-state index in [4.69, 9.17) is 4.74 Å². The number of nitrogens with zero attached hydrogens (tertiary/aromatic N) is 3. The molecule has 0 amide bonds. The van der Waals surface area contributed by atoms with Gasteiger partial charge in [-0.15, -0.1) is 0 Å². The summed E-state index contributed by atoms with van der Waals surface area (Å²) in [5.41, 5.74) is 1.24. The van der Waals surface area contributed by atoms with Crippen molar-refractivity contribution < 1.29 is 4.74 Å². The Hall–Kier alpha value is -1.59. The second kappa shape index (κ2) is 11.9. The van der Waals surface area contributed by atoms with Crippen molar-refractivity contribution in [1.82, 2.24) is 15.1 Å². The molecule has 1 aliphatic heterocycles. The highest BCUT2D eigenvalue weighted by Gasteiger charge is 2.24. The predicted molar refractivity (Wildman–Crippen MR) is 110 cm³/mol. The second-order valence-corrected chi connectivity index (χ2v) is 7.23. The molecular formula is C21H36N4O. The van der Waals surface area contributed by atoms with E-state index in [1.807, 2.05) is 13.1 Å². The quantitative estimate of drug-likeness (QED) is 0.514. The molecule has 2 rings (SSSR count). The van der Waals surface area contributed by atoms with Crippen LogP contribution in [0, 0.1) is 5.92 Å². The topological polar surface area (TPSA) is 40.1 Å². The number of ether oxygens (including phenoxy) is 1. The van der Waals surface area contributed by atoms with Crippen molar-refractivity contribution in [2.45, 2.75) is 32.8 Å². The van der Waals surface area contributed by atoms with Gasteiger partial charge < -0.3 is 19.9 Å². The van der Waals surface area contributed by atoms with Crippen molar-refractivity contribution >= 4 is 5.96 Å². The van der Waals surface area contributed by atoms with Crippen LogP contribution in [-0.2, 0) is 11.3 Å². The summed E-state index contributed by atoms with van der Waals surface area (Å²) < 4.78 is 5.92. The van der Waals surface area contributed by atoms with Crippen molar-refractivity contribution in [3.8, 4) is 0 Å². The molecule has 0 spiro atoms. The molecule has 0 radical (unpaired) electrons. The molecule has 5 nitrogen and oxygen atoms in total. The van der Waals surface area contributed by atoms with Crippen LogP contribution in [0.1, 0.15) is 31.7 Å².